The van der Waals surface area contributed by atoms with Crippen LogP contribution in [0.1, 0.15) is 43.3 Å². The lowest BCUT2D eigenvalue weighted by atomic mass is 9.72. The fourth-order valence-electron chi connectivity index (χ4n) is 4.20. The number of nitrogens with one attached hydrogen (secondary N) is 1. The average Bonchev–Trinajstić information content (AvgIpc) is 3.10. The second-order valence-electron chi connectivity index (χ2n) is 7.41. The number of rotatable bonds is 4. The molecule has 1 aromatic heterocycles. The highest BCUT2D eigenvalue weighted by molar-refractivity contribution is 5.47. The molecule has 6 nitrogen and oxygen atoms in total. The molecule has 0 aliphatic carbocycles. The van der Waals surface area contributed by atoms with Crippen molar-refractivity contribution in [3.8, 4) is 11.9 Å². The van der Waals surface area contributed by atoms with Gasteiger partial charge in [0.2, 0.25) is 11.6 Å². The Labute approximate surface area is 159 Å². The summed E-state index contributed by atoms with van der Waals surface area (Å²) < 4.78 is 5.71. The predicted molar refractivity (Wildman–Crippen MR) is 103 cm³/mol. The Morgan fingerprint density at radius 1 is 1.30 bits per heavy atom. The van der Waals surface area contributed by atoms with E-state index in [1.54, 1.807) is 0 Å². The van der Waals surface area contributed by atoms with Crippen molar-refractivity contribution in [2.75, 3.05) is 13.1 Å². The van der Waals surface area contributed by atoms with Crippen LogP contribution in [-0.2, 0) is 18.4 Å². The van der Waals surface area contributed by atoms with E-state index in [1.807, 2.05) is 6.07 Å². The van der Waals surface area contributed by atoms with E-state index in [0.717, 1.165) is 56.8 Å². The van der Waals surface area contributed by atoms with Gasteiger partial charge in [0.1, 0.15) is 11.9 Å². The molecule has 3 N–H and O–H groups in total. The molecule has 27 heavy (non-hydrogen) atoms. The summed E-state index contributed by atoms with van der Waals surface area (Å²) in [7, 11) is 0. The molecule has 0 saturated carbocycles. The van der Waals surface area contributed by atoms with Crippen LogP contribution in [0.3, 0.4) is 0 Å². The second kappa shape index (κ2) is 7.09. The minimum atomic E-state index is -0.384. The number of nitrogens with two attached hydrogens (primary N) is 1. The van der Waals surface area contributed by atoms with Gasteiger partial charge in [-0.1, -0.05) is 37.3 Å². The van der Waals surface area contributed by atoms with Gasteiger partial charge in [0.25, 0.3) is 0 Å². The number of fused-ring (bicyclic) bond motifs is 2. The Balaban J connectivity index is 1.60. The first kappa shape index (κ1) is 17.6. The normalized spacial score (nSPS) is 18.8. The molecule has 0 atom stereocenters. The molecule has 1 fully saturated rings. The number of hydrogen-bond acceptors (Lipinski definition) is 5. The highest BCUT2D eigenvalue weighted by atomic mass is 16.5. The third-order valence-electron chi connectivity index (χ3n) is 5.70. The van der Waals surface area contributed by atoms with Gasteiger partial charge in [-0.15, -0.1) is 0 Å². The van der Waals surface area contributed by atoms with E-state index < -0.39 is 0 Å². The molecule has 0 amide bonds. The van der Waals surface area contributed by atoms with E-state index >= 15 is 0 Å². The standard InChI is InChI=1S/C21H25N5O/c1-2-6-17-24-19-20(25-17)27-16(13-22)18(23)21(19)9-11-26(12-10-21)14-15-7-4-3-5-8-15/h3-5,7-8H,2,6,9-12,14,23H2,1H3,(H,24,25). The average molecular weight is 363 g/mol. The van der Waals surface area contributed by atoms with Gasteiger partial charge in [-0.25, -0.2) is 0 Å². The van der Waals surface area contributed by atoms with E-state index in [4.69, 9.17) is 10.5 Å². The Bertz CT molecular complexity index is 885. The van der Waals surface area contributed by atoms with Crippen LogP contribution in [0.5, 0.6) is 5.88 Å². The highest BCUT2D eigenvalue weighted by Gasteiger charge is 2.47. The number of aryl methyl sites for hydroxylation is 1. The van der Waals surface area contributed by atoms with E-state index in [1.165, 1.54) is 5.56 Å². The topological polar surface area (TPSA) is 91.0 Å². The summed E-state index contributed by atoms with van der Waals surface area (Å²) in [6.45, 7) is 4.87. The zero-order chi connectivity index (χ0) is 18.9. The Morgan fingerprint density at radius 2 is 2.04 bits per heavy atom. The summed E-state index contributed by atoms with van der Waals surface area (Å²) in [5, 5.41) is 9.50. The van der Waals surface area contributed by atoms with Crippen LogP contribution in [0.15, 0.2) is 41.8 Å². The SMILES string of the molecule is CCCc1nc2c([nH]1)C1(CCN(Cc3ccccc3)CC1)C(N)=C(C#N)O2. The molecule has 140 valence electrons. The smallest absolute Gasteiger partial charge is 0.242 e. The van der Waals surface area contributed by atoms with Gasteiger partial charge in [-0.2, -0.15) is 10.2 Å². The van der Waals surface area contributed by atoms with Gasteiger partial charge >= 0.3 is 0 Å². The quantitative estimate of drug-likeness (QED) is 0.871. The van der Waals surface area contributed by atoms with Crippen LogP contribution in [0.2, 0.25) is 0 Å². The molecule has 4 rings (SSSR count). The third-order valence-corrected chi connectivity index (χ3v) is 5.70. The molecular weight excluding hydrogens is 338 g/mol. The van der Waals surface area contributed by atoms with Crippen molar-refractivity contribution in [3.05, 3.63) is 58.9 Å². The molecule has 3 heterocycles. The maximum absolute atomic E-state index is 9.50. The summed E-state index contributed by atoms with van der Waals surface area (Å²) in [5.74, 6) is 1.63. The molecule has 6 heteroatoms. The van der Waals surface area contributed by atoms with E-state index in [2.05, 4.69) is 52.1 Å². The first-order chi connectivity index (χ1) is 13.2. The fraction of sp³-hybridized carbons (Fsp3) is 0.429. The van der Waals surface area contributed by atoms with Crippen molar-refractivity contribution in [3.63, 3.8) is 0 Å². The molecule has 0 bridgehead atoms. The Hall–Kier alpha value is -2.78. The lowest BCUT2D eigenvalue weighted by molar-refractivity contribution is 0.158. The summed E-state index contributed by atoms with van der Waals surface area (Å²) >= 11 is 0. The lowest BCUT2D eigenvalue weighted by Gasteiger charge is -2.43. The van der Waals surface area contributed by atoms with Crippen LogP contribution >= 0.6 is 0 Å². The number of benzene rings is 1. The van der Waals surface area contributed by atoms with Gasteiger partial charge < -0.3 is 15.5 Å². The maximum Gasteiger partial charge on any atom is 0.242 e. The molecule has 0 unspecified atom stereocenters. The first-order valence-electron chi connectivity index (χ1n) is 9.60. The van der Waals surface area contributed by atoms with Crippen LogP contribution < -0.4 is 10.5 Å². The summed E-state index contributed by atoms with van der Waals surface area (Å²) in [5.41, 5.74) is 8.88. The lowest BCUT2D eigenvalue weighted by Crippen LogP contribution is -2.47. The van der Waals surface area contributed by atoms with E-state index in [-0.39, 0.29) is 11.2 Å². The number of H-pyrrole nitrogens is 1. The zero-order valence-corrected chi connectivity index (χ0v) is 15.7. The Morgan fingerprint density at radius 3 is 2.70 bits per heavy atom. The highest BCUT2D eigenvalue weighted by Crippen LogP contribution is 2.47. The van der Waals surface area contributed by atoms with Crippen molar-refractivity contribution in [1.29, 1.82) is 5.26 Å². The summed E-state index contributed by atoms with van der Waals surface area (Å²) in [4.78, 5) is 10.5. The third kappa shape index (κ3) is 3.08. The Kier molecular flexibility index (Phi) is 4.63. The molecule has 1 aromatic carbocycles. The largest absolute Gasteiger partial charge is 0.424 e. The number of likely N-dealkylation sites (tertiary alicyclic amines) is 1. The molecule has 1 spiro atoms. The number of allylic oxidation sites excluding steroid dienone is 2. The van der Waals surface area contributed by atoms with Crippen molar-refractivity contribution >= 4 is 0 Å². The summed E-state index contributed by atoms with van der Waals surface area (Å²) in [6, 6.07) is 12.6. The molecule has 2 aromatic rings. The van der Waals surface area contributed by atoms with Gasteiger partial charge in [-0.05, 0) is 37.9 Å². The number of imidazole rings is 1. The predicted octanol–water partition coefficient (Wildman–Crippen LogP) is 2.98. The van der Waals surface area contributed by atoms with Crippen LogP contribution in [0.4, 0.5) is 0 Å². The van der Waals surface area contributed by atoms with Crippen molar-refractivity contribution < 1.29 is 4.74 Å². The van der Waals surface area contributed by atoms with Crippen molar-refractivity contribution in [2.24, 2.45) is 5.73 Å². The molecule has 0 radical (unpaired) electrons. The minimum Gasteiger partial charge on any atom is -0.424 e. The first-order valence-corrected chi connectivity index (χ1v) is 9.60. The van der Waals surface area contributed by atoms with E-state index in [9.17, 15) is 5.26 Å². The van der Waals surface area contributed by atoms with Crippen LogP contribution in [-0.4, -0.2) is 28.0 Å². The molecule has 1 saturated heterocycles. The van der Waals surface area contributed by atoms with Crippen LogP contribution in [0.25, 0.3) is 0 Å². The number of aromatic amines is 1. The molecule has 2 aliphatic rings. The van der Waals surface area contributed by atoms with Crippen molar-refractivity contribution in [2.45, 2.75) is 44.6 Å². The van der Waals surface area contributed by atoms with Gasteiger partial charge in [0.15, 0.2) is 0 Å². The van der Waals surface area contributed by atoms with Gasteiger partial charge in [0.05, 0.1) is 16.8 Å². The zero-order valence-electron chi connectivity index (χ0n) is 15.7. The number of aromatic nitrogens is 2. The van der Waals surface area contributed by atoms with Gasteiger partial charge in [-0.3, -0.25) is 4.90 Å². The van der Waals surface area contributed by atoms with Gasteiger partial charge in [0, 0.05) is 13.0 Å². The summed E-state index contributed by atoms with van der Waals surface area (Å²) in [6.07, 6.45) is 3.55. The molecular formula is C21H25N5O. The maximum atomic E-state index is 9.50. The number of ether oxygens (including phenoxy) is 1. The van der Waals surface area contributed by atoms with E-state index in [0.29, 0.717) is 11.6 Å². The monoisotopic (exact) mass is 363 g/mol. The fourth-order valence-corrected chi connectivity index (χ4v) is 4.20. The second-order valence-corrected chi connectivity index (χ2v) is 7.41. The minimum absolute atomic E-state index is 0.202. The van der Waals surface area contributed by atoms with Crippen LogP contribution in [0, 0.1) is 11.3 Å². The number of nitrogens with zero attached hydrogens (tertiary/aromatic N) is 3. The number of nitriles is 1. The van der Waals surface area contributed by atoms with Crippen molar-refractivity contribution in [1.82, 2.24) is 14.9 Å². The molecule has 2 aliphatic heterocycles. The number of hydrogen-bond donors (Lipinski definition) is 2. The number of piperidine rings is 1.